The normalized spacial score (nSPS) is 12.7. The molecule has 0 aromatic rings. The molecular weight excluding hydrogens is 805 g/mol. The Labute approximate surface area is 401 Å². The molecule has 0 radical (unpaired) electrons. The average molecular weight is 905 g/mol. The molecule has 0 saturated heterocycles. The van der Waals surface area contributed by atoms with Gasteiger partial charge in [-0.2, -0.15) is 0 Å². The summed E-state index contributed by atoms with van der Waals surface area (Å²) >= 11 is 0. The Morgan fingerprint density at radius 3 is 1.02 bits per heavy atom. The van der Waals surface area contributed by atoms with Gasteiger partial charge in [0.2, 0.25) is 0 Å². The van der Waals surface area contributed by atoms with E-state index in [2.05, 4.69) is 106 Å². The standard InChI is InChI=1S/C59H100O6/c1-4-7-10-13-16-19-22-25-28-29-32-35-38-41-44-47-50-53-59(62)65-56(54-63-57(60)51-48-45-42-39-36-33-30-26-23-20-17-14-11-8-5-2)55-64-58(61)52-49-46-43-40-37-34-31-27-24-21-18-15-12-9-6-3/h8,11,17,20,25-26,28,30,32,35-36,39,41,44,56H,4-7,9-10,12-16,18-19,21-24,27,29,31,33-34,37-38,40,42-43,45-55H2,1-3H3/b11-8-,20-17-,28-25-,30-26-,35-32-,39-36-,44-41-/t56-/m1/s1. The highest BCUT2D eigenvalue weighted by atomic mass is 16.6. The van der Waals surface area contributed by atoms with Crippen LogP contribution in [0, 0.1) is 0 Å². The van der Waals surface area contributed by atoms with Gasteiger partial charge in [0, 0.05) is 19.3 Å². The summed E-state index contributed by atoms with van der Waals surface area (Å²) in [4.78, 5) is 38.0. The van der Waals surface area contributed by atoms with Crippen molar-refractivity contribution in [3.8, 4) is 0 Å². The van der Waals surface area contributed by atoms with Crippen LogP contribution in [0.25, 0.3) is 0 Å². The lowest BCUT2D eigenvalue weighted by atomic mass is 10.0. The van der Waals surface area contributed by atoms with Crippen LogP contribution in [0.5, 0.6) is 0 Å². The fourth-order valence-electron chi connectivity index (χ4n) is 7.33. The van der Waals surface area contributed by atoms with Crippen LogP contribution in [-0.2, 0) is 28.6 Å². The Morgan fingerprint density at radius 2 is 0.615 bits per heavy atom. The maximum atomic E-state index is 12.8. The van der Waals surface area contributed by atoms with E-state index in [4.69, 9.17) is 14.2 Å². The summed E-state index contributed by atoms with van der Waals surface area (Å²) in [5.74, 6) is -1.00. The van der Waals surface area contributed by atoms with E-state index in [-0.39, 0.29) is 37.5 Å². The first-order valence-electron chi connectivity index (χ1n) is 27.1. The van der Waals surface area contributed by atoms with E-state index in [0.29, 0.717) is 25.7 Å². The lowest BCUT2D eigenvalue weighted by Gasteiger charge is -2.18. The van der Waals surface area contributed by atoms with Crippen LogP contribution in [0.2, 0.25) is 0 Å². The number of allylic oxidation sites excluding steroid dienone is 14. The third-order valence-electron chi connectivity index (χ3n) is 11.4. The molecule has 0 aliphatic carbocycles. The second kappa shape index (κ2) is 53.2. The lowest BCUT2D eigenvalue weighted by Crippen LogP contribution is -2.30. The van der Waals surface area contributed by atoms with Crippen molar-refractivity contribution in [2.75, 3.05) is 13.2 Å². The number of hydrogen-bond acceptors (Lipinski definition) is 6. The molecule has 0 N–H and O–H groups in total. The van der Waals surface area contributed by atoms with Gasteiger partial charge in [-0.3, -0.25) is 14.4 Å². The van der Waals surface area contributed by atoms with Crippen LogP contribution >= 0.6 is 0 Å². The van der Waals surface area contributed by atoms with Gasteiger partial charge < -0.3 is 14.2 Å². The SMILES string of the molecule is CC/C=C\C/C=C\C/C=C\C/C=C\CCCCC(=O)OC[C@H](COC(=O)CCCCCCCCCCCCCCCCC)OC(=O)CCC/C=C\C/C=C\C/C=C\CCCCCCCC. The minimum Gasteiger partial charge on any atom is -0.462 e. The molecule has 1 atom stereocenters. The second-order valence-electron chi connectivity index (χ2n) is 17.8. The van der Waals surface area contributed by atoms with Crippen LogP contribution in [0.4, 0.5) is 0 Å². The highest BCUT2D eigenvalue weighted by molar-refractivity contribution is 5.71. The van der Waals surface area contributed by atoms with Crippen molar-refractivity contribution >= 4 is 17.9 Å². The number of carbonyl (C=O) groups excluding carboxylic acids is 3. The number of ether oxygens (including phenoxy) is 3. The molecule has 0 spiro atoms. The summed E-state index contributed by atoms with van der Waals surface area (Å²) in [5, 5.41) is 0. The van der Waals surface area contributed by atoms with E-state index in [1.807, 2.05) is 0 Å². The summed E-state index contributed by atoms with van der Waals surface area (Å²) < 4.78 is 16.7. The molecule has 0 aromatic heterocycles. The van der Waals surface area contributed by atoms with Gasteiger partial charge in [0.05, 0.1) is 0 Å². The monoisotopic (exact) mass is 905 g/mol. The summed E-state index contributed by atoms with van der Waals surface area (Å²) in [6, 6.07) is 0. The van der Waals surface area contributed by atoms with Gasteiger partial charge in [-0.1, -0.05) is 228 Å². The molecule has 0 fully saturated rings. The molecule has 0 bridgehead atoms. The summed E-state index contributed by atoms with van der Waals surface area (Å²) in [5.41, 5.74) is 0. The van der Waals surface area contributed by atoms with Gasteiger partial charge in [-0.25, -0.2) is 0 Å². The van der Waals surface area contributed by atoms with E-state index < -0.39 is 6.10 Å². The van der Waals surface area contributed by atoms with Crippen LogP contribution in [-0.4, -0.2) is 37.2 Å². The Balaban J connectivity index is 4.52. The Bertz CT molecular complexity index is 1270. The van der Waals surface area contributed by atoms with Crippen molar-refractivity contribution in [2.45, 2.75) is 258 Å². The highest BCUT2D eigenvalue weighted by Crippen LogP contribution is 2.15. The topological polar surface area (TPSA) is 78.9 Å². The summed E-state index contributed by atoms with van der Waals surface area (Å²) in [6.07, 6.45) is 68.6. The molecule has 0 amide bonds. The minimum atomic E-state index is -0.818. The quantitative estimate of drug-likeness (QED) is 0.0262. The fraction of sp³-hybridized carbons (Fsp3) is 0.712. The molecule has 0 aromatic carbocycles. The second-order valence-corrected chi connectivity index (χ2v) is 17.8. The van der Waals surface area contributed by atoms with E-state index in [1.54, 1.807) is 0 Å². The van der Waals surface area contributed by atoms with E-state index in [9.17, 15) is 14.4 Å². The molecule has 0 rings (SSSR count). The van der Waals surface area contributed by atoms with Crippen molar-refractivity contribution in [2.24, 2.45) is 0 Å². The zero-order valence-corrected chi connectivity index (χ0v) is 42.5. The van der Waals surface area contributed by atoms with Crippen LogP contribution in [0.15, 0.2) is 85.1 Å². The first-order valence-corrected chi connectivity index (χ1v) is 27.1. The van der Waals surface area contributed by atoms with E-state index in [0.717, 1.165) is 77.0 Å². The number of carbonyl (C=O) groups is 3. The van der Waals surface area contributed by atoms with Crippen molar-refractivity contribution in [1.29, 1.82) is 0 Å². The Hall–Kier alpha value is -3.41. The van der Waals surface area contributed by atoms with Gasteiger partial charge in [0.1, 0.15) is 13.2 Å². The summed E-state index contributed by atoms with van der Waals surface area (Å²) in [6.45, 7) is 6.45. The smallest absolute Gasteiger partial charge is 0.306 e. The maximum Gasteiger partial charge on any atom is 0.306 e. The van der Waals surface area contributed by atoms with Crippen LogP contribution in [0.3, 0.4) is 0 Å². The van der Waals surface area contributed by atoms with Crippen LogP contribution < -0.4 is 0 Å². The first kappa shape index (κ1) is 61.6. The maximum absolute atomic E-state index is 12.8. The van der Waals surface area contributed by atoms with Gasteiger partial charge in [-0.15, -0.1) is 0 Å². The number of esters is 3. The molecule has 0 saturated carbocycles. The third kappa shape index (κ3) is 51.4. The largest absolute Gasteiger partial charge is 0.462 e. The Morgan fingerprint density at radius 1 is 0.323 bits per heavy atom. The lowest BCUT2D eigenvalue weighted by molar-refractivity contribution is -0.167. The Kier molecular flexibility index (Phi) is 50.4. The number of unbranched alkanes of at least 4 members (excludes halogenated alkanes) is 23. The molecule has 6 heteroatoms. The molecule has 372 valence electrons. The zero-order chi connectivity index (χ0) is 47.2. The fourth-order valence-corrected chi connectivity index (χ4v) is 7.33. The predicted octanol–water partition coefficient (Wildman–Crippen LogP) is 18.0. The van der Waals surface area contributed by atoms with Crippen molar-refractivity contribution < 1.29 is 28.6 Å². The van der Waals surface area contributed by atoms with Crippen LogP contribution in [0.1, 0.15) is 252 Å². The van der Waals surface area contributed by atoms with Gasteiger partial charge >= 0.3 is 17.9 Å². The van der Waals surface area contributed by atoms with Crippen molar-refractivity contribution in [3.05, 3.63) is 85.1 Å². The molecule has 0 aliphatic heterocycles. The van der Waals surface area contributed by atoms with Gasteiger partial charge in [0.15, 0.2) is 6.10 Å². The molecule has 0 unspecified atom stereocenters. The third-order valence-corrected chi connectivity index (χ3v) is 11.4. The van der Waals surface area contributed by atoms with Crippen molar-refractivity contribution in [1.82, 2.24) is 0 Å². The van der Waals surface area contributed by atoms with Gasteiger partial charge in [0.25, 0.3) is 0 Å². The van der Waals surface area contributed by atoms with Gasteiger partial charge in [-0.05, 0) is 89.9 Å². The van der Waals surface area contributed by atoms with E-state index >= 15 is 0 Å². The first-order chi connectivity index (χ1) is 32.0. The molecular formula is C59H100O6. The summed E-state index contributed by atoms with van der Waals surface area (Å²) in [7, 11) is 0. The molecule has 65 heavy (non-hydrogen) atoms. The predicted molar refractivity (Wildman–Crippen MR) is 279 cm³/mol. The average Bonchev–Trinajstić information content (AvgIpc) is 3.30. The molecule has 0 aliphatic rings. The van der Waals surface area contributed by atoms with Crippen molar-refractivity contribution in [3.63, 3.8) is 0 Å². The highest BCUT2D eigenvalue weighted by Gasteiger charge is 2.19. The minimum absolute atomic E-state index is 0.108. The van der Waals surface area contributed by atoms with E-state index in [1.165, 1.54) is 122 Å². The number of hydrogen-bond donors (Lipinski definition) is 0. The molecule has 6 nitrogen and oxygen atoms in total. The number of rotatable bonds is 48. The zero-order valence-electron chi connectivity index (χ0n) is 42.5. The molecule has 0 heterocycles.